The molecular formula is C18H19BrO4. The second-order valence-electron chi connectivity index (χ2n) is 5.06. The fourth-order valence-corrected chi connectivity index (χ4v) is 3.27. The number of carboxylic acids is 1. The Morgan fingerprint density at radius 3 is 2.22 bits per heavy atom. The Balaban J connectivity index is 2.84. The van der Waals surface area contributed by atoms with Crippen molar-refractivity contribution in [2.75, 3.05) is 14.2 Å². The Hall–Kier alpha value is -2.01. The molecule has 23 heavy (non-hydrogen) atoms. The number of fused-ring (bicyclic) bond motifs is 1. The summed E-state index contributed by atoms with van der Waals surface area (Å²) in [5.74, 6) is 0.366. The quantitative estimate of drug-likeness (QED) is 0.727. The maximum atomic E-state index is 11.5. The van der Waals surface area contributed by atoms with Gasteiger partial charge in [-0.2, -0.15) is 0 Å². The van der Waals surface area contributed by atoms with Crippen LogP contribution in [0.15, 0.2) is 34.3 Å². The van der Waals surface area contributed by atoms with E-state index in [1.807, 2.05) is 31.2 Å². The number of methoxy groups -OCH3 is 2. The summed E-state index contributed by atoms with van der Waals surface area (Å²) in [6.45, 7) is 1.95. The van der Waals surface area contributed by atoms with E-state index in [1.54, 1.807) is 20.3 Å². The van der Waals surface area contributed by atoms with Gasteiger partial charge in [0.25, 0.3) is 0 Å². The number of hydrogen-bond acceptors (Lipinski definition) is 3. The van der Waals surface area contributed by atoms with Gasteiger partial charge in [-0.15, -0.1) is 0 Å². The van der Waals surface area contributed by atoms with Gasteiger partial charge in [0.1, 0.15) is 11.5 Å². The highest BCUT2D eigenvalue weighted by Crippen LogP contribution is 2.44. The summed E-state index contributed by atoms with van der Waals surface area (Å²) in [5, 5.41) is 11.2. The summed E-state index contributed by atoms with van der Waals surface area (Å²) in [6.07, 6.45) is 2.90. The monoisotopic (exact) mass is 378 g/mol. The number of carbonyl (C=O) groups is 1. The third-order valence-corrected chi connectivity index (χ3v) is 4.40. The fourth-order valence-electron chi connectivity index (χ4n) is 2.60. The first-order valence-electron chi connectivity index (χ1n) is 7.31. The zero-order valence-electron chi connectivity index (χ0n) is 13.4. The summed E-state index contributed by atoms with van der Waals surface area (Å²) in [4.78, 5) is 11.5. The molecule has 0 amide bonds. The minimum Gasteiger partial charge on any atom is -0.495 e. The molecule has 0 saturated heterocycles. The van der Waals surface area contributed by atoms with Crippen LogP contribution in [0, 0.1) is 0 Å². The molecule has 0 aromatic heterocycles. The molecule has 0 saturated carbocycles. The van der Waals surface area contributed by atoms with Gasteiger partial charge >= 0.3 is 5.97 Å². The molecule has 2 rings (SSSR count). The highest BCUT2D eigenvalue weighted by atomic mass is 79.9. The van der Waals surface area contributed by atoms with Crippen LogP contribution >= 0.6 is 15.9 Å². The van der Waals surface area contributed by atoms with Crippen LogP contribution in [-0.2, 0) is 4.79 Å². The zero-order chi connectivity index (χ0) is 17.0. The van der Waals surface area contributed by atoms with Gasteiger partial charge in [-0.1, -0.05) is 37.6 Å². The Kier molecular flexibility index (Phi) is 5.66. The molecule has 0 fully saturated rings. The SMILES string of the molecule is CCCC(=Cc1c(Br)c(OC)c2ccccc2c1OC)C(=O)O. The van der Waals surface area contributed by atoms with Crippen molar-refractivity contribution in [2.24, 2.45) is 0 Å². The predicted molar refractivity (Wildman–Crippen MR) is 95.3 cm³/mol. The van der Waals surface area contributed by atoms with Gasteiger partial charge in [0.05, 0.1) is 18.7 Å². The molecule has 2 aromatic rings. The normalized spacial score (nSPS) is 11.6. The molecule has 0 aliphatic heterocycles. The summed E-state index contributed by atoms with van der Waals surface area (Å²) >= 11 is 3.54. The Labute approximate surface area is 143 Å². The van der Waals surface area contributed by atoms with Crippen LogP contribution in [0.1, 0.15) is 25.3 Å². The highest BCUT2D eigenvalue weighted by Gasteiger charge is 2.19. The van der Waals surface area contributed by atoms with Crippen LogP contribution in [0.2, 0.25) is 0 Å². The van der Waals surface area contributed by atoms with Crippen LogP contribution in [0.3, 0.4) is 0 Å². The molecule has 0 atom stereocenters. The fraction of sp³-hybridized carbons (Fsp3) is 0.278. The molecule has 0 aliphatic carbocycles. The third kappa shape index (κ3) is 3.34. The maximum absolute atomic E-state index is 11.5. The lowest BCUT2D eigenvalue weighted by Gasteiger charge is -2.16. The molecule has 0 aliphatic rings. The number of hydrogen-bond donors (Lipinski definition) is 1. The highest BCUT2D eigenvalue weighted by molar-refractivity contribution is 9.10. The molecule has 0 bridgehead atoms. The smallest absolute Gasteiger partial charge is 0.331 e. The molecule has 4 nitrogen and oxygen atoms in total. The van der Waals surface area contributed by atoms with Crippen molar-refractivity contribution < 1.29 is 19.4 Å². The lowest BCUT2D eigenvalue weighted by Crippen LogP contribution is -2.02. The summed E-state index contributed by atoms with van der Waals surface area (Å²) in [5.41, 5.74) is 1.01. The van der Waals surface area contributed by atoms with E-state index in [0.29, 0.717) is 33.5 Å². The Bertz CT molecular complexity index is 765. The van der Waals surface area contributed by atoms with E-state index >= 15 is 0 Å². The minimum absolute atomic E-state index is 0.337. The Morgan fingerprint density at radius 2 is 1.74 bits per heavy atom. The largest absolute Gasteiger partial charge is 0.495 e. The third-order valence-electron chi connectivity index (χ3n) is 3.62. The van der Waals surface area contributed by atoms with Crippen molar-refractivity contribution in [3.05, 3.63) is 39.9 Å². The van der Waals surface area contributed by atoms with Gasteiger partial charge in [0, 0.05) is 21.9 Å². The molecule has 122 valence electrons. The summed E-state index contributed by atoms with van der Waals surface area (Å²) in [6, 6.07) is 7.71. The van der Waals surface area contributed by atoms with Crippen molar-refractivity contribution in [3.8, 4) is 11.5 Å². The van der Waals surface area contributed by atoms with Crippen LogP contribution in [0.5, 0.6) is 11.5 Å². The summed E-state index contributed by atoms with van der Waals surface area (Å²) in [7, 11) is 3.18. The first-order chi connectivity index (χ1) is 11.0. The second-order valence-corrected chi connectivity index (χ2v) is 5.86. The molecule has 0 spiro atoms. The second kappa shape index (κ2) is 7.51. The van der Waals surface area contributed by atoms with E-state index < -0.39 is 5.97 Å². The topological polar surface area (TPSA) is 55.8 Å². The van der Waals surface area contributed by atoms with Gasteiger partial charge < -0.3 is 14.6 Å². The van der Waals surface area contributed by atoms with Crippen LogP contribution in [0.25, 0.3) is 16.8 Å². The number of ether oxygens (including phenoxy) is 2. The average Bonchev–Trinajstić information content (AvgIpc) is 2.54. The predicted octanol–water partition coefficient (Wildman–Crippen LogP) is 4.89. The van der Waals surface area contributed by atoms with Gasteiger partial charge in [-0.25, -0.2) is 4.79 Å². The maximum Gasteiger partial charge on any atom is 0.331 e. The number of aliphatic carboxylic acids is 1. The number of halogens is 1. The zero-order valence-corrected chi connectivity index (χ0v) is 14.9. The van der Waals surface area contributed by atoms with E-state index in [0.717, 1.165) is 17.2 Å². The minimum atomic E-state index is -0.923. The van der Waals surface area contributed by atoms with E-state index in [9.17, 15) is 9.90 Å². The van der Waals surface area contributed by atoms with Crippen molar-refractivity contribution in [1.82, 2.24) is 0 Å². The number of rotatable bonds is 6. The number of benzene rings is 2. The van der Waals surface area contributed by atoms with Crippen LogP contribution in [-0.4, -0.2) is 25.3 Å². The van der Waals surface area contributed by atoms with Gasteiger partial charge in [-0.3, -0.25) is 0 Å². The van der Waals surface area contributed by atoms with E-state index in [4.69, 9.17) is 9.47 Å². The van der Waals surface area contributed by atoms with Gasteiger partial charge in [0.2, 0.25) is 0 Å². The van der Waals surface area contributed by atoms with Gasteiger partial charge in [0.15, 0.2) is 0 Å². The molecule has 0 heterocycles. The average molecular weight is 379 g/mol. The van der Waals surface area contributed by atoms with Gasteiger partial charge in [-0.05, 0) is 28.4 Å². The first-order valence-corrected chi connectivity index (χ1v) is 8.10. The van der Waals surface area contributed by atoms with Crippen molar-refractivity contribution in [3.63, 3.8) is 0 Å². The van der Waals surface area contributed by atoms with Crippen LogP contribution < -0.4 is 9.47 Å². The van der Waals surface area contributed by atoms with Crippen molar-refractivity contribution in [2.45, 2.75) is 19.8 Å². The van der Waals surface area contributed by atoms with Crippen molar-refractivity contribution >= 4 is 38.7 Å². The van der Waals surface area contributed by atoms with E-state index in [2.05, 4.69) is 15.9 Å². The molecule has 2 aromatic carbocycles. The van der Waals surface area contributed by atoms with Crippen molar-refractivity contribution in [1.29, 1.82) is 0 Å². The Morgan fingerprint density at radius 1 is 1.17 bits per heavy atom. The first kappa shape index (κ1) is 17.3. The van der Waals surface area contributed by atoms with E-state index in [-0.39, 0.29) is 0 Å². The lowest BCUT2D eigenvalue weighted by molar-refractivity contribution is -0.132. The van der Waals surface area contributed by atoms with E-state index in [1.165, 1.54) is 0 Å². The summed E-state index contributed by atoms with van der Waals surface area (Å²) < 4.78 is 11.8. The van der Waals surface area contributed by atoms with Crippen LogP contribution in [0.4, 0.5) is 0 Å². The standard InChI is InChI=1S/C18H19BrO4/c1-4-7-11(18(20)21)10-14-15(19)17(23-3)13-9-6-5-8-12(13)16(14)22-2/h5-6,8-10H,4,7H2,1-3H3,(H,20,21). The molecular weight excluding hydrogens is 360 g/mol. The molecule has 0 radical (unpaired) electrons. The lowest BCUT2D eigenvalue weighted by atomic mass is 10.0. The molecule has 0 unspecified atom stereocenters. The molecule has 5 heteroatoms. The number of carboxylic acid groups (broad SMARTS) is 1. The molecule has 1 N–H and O–H groups in total.